The van der Waals surface area contributed by atoms with Gasteiger partial charge in [-0.25, -0.2) is 0 Å². The lowest BCUT2D eigenvalue weighted by Gasteiger charge is -2.18. The zero-order chi connectivity index (χ0) is 18.4. The van der Waals surface area contributed by atoms with Gasteiger partial charge in [0, 0.05) is 26.1 Å². The minimum absolute atomic E-state index is 0.124. The van der Waals surface area contributed by atoms with E-state index in [1.807, 2.05) is 59.1 Å². The van der Waals surface area contributed by atoms with Crippen LogP contribution in [0.1, 0.15) is 30.8 Å². The number of aromatic nitrogens is 3. The maximum absolute atomic E-state index is 12.3. The van der Waals surface area contributed by atoms with Crippen LogP contribution < -0.4 is 10.6 Å². The van der Waals surface area contributed by atoms with Crippen molar-refractivity contribution in [2.75, 3.05) is 6.54 Å². The number of carbonyl (C=O) groups is 2. The molecule has 3 aromatic rings. The van der Waals surface area contributed by atoms with Crippen molar-refractivity contribution >= 4 is 17.5 Å². The number of rotatable bonds is 7. The van der Waals surface area contributed by atoms with E-state index in [9.17, 15) is 9.59 Å². The first-order valence-corrected chi connectivity index (χ1v) is 8.51. The Labute approximate surface area is 151 Å². The van der Waals surface area contributed by atoms with E-state index in [1.165, 1.54) is 6.92 Å². The topological polar surface area (TPSA) is 88.4 Å². The van der Waals surface area contributed by atoms with Gasteiger partial charge in [-0.15, -0.1) is 10.2 Å². The molecule has 0 bridgehead atoms. The first-order chi connectivity index (χ1) is 12.6. The summed E-state index contributed by atoms with van der Waals surface area (Å²) >= 11 is 0. The van der Waals surface area contributed by atoms with Gasteiger partial charge in [0.05, 0.1) is 12.5 Å². The number of benzene rings is 1. The number of fused-ring (bicyclic) bond motifs is 1. The van der Waals surface area contributed by atoms with E-state index in [-0.39, 0.29) is 24.3 Å². The van der Waals surface area contributed by atoms with Crippen molar-refractivity contribution in [3.05, 3.63) is 66.1 Å². The van der Waals surface area contributed by atoms with Crippen molar-refractivity contribution in [1.29, 1.82) is 0 Å². The monoisotopic (exact) mass is 351 g/mol. The third-order valence-electron chi connectivity index (χ3n) is 4.02. The standard InChI is InChI=1S/C19H21N5O2/c1-14(25)21-16(15-7-3-2-4-8-15)13-19(26)20-11-10-18-23-22-17-9-5-6-12-24(17)18/h2-9,12,16H,10-11,13H2,1H3,(H,20,26)(H,21,25). The number of hydrogen-bond donors (Lipinski definition) is 2. The van der Waals surface area contributed by atoms with Crippen molar-refractivity contribution in [1.82, 2.24) is 25.2 Å². The summed E-state index contributed by atoms with van der Waals surface area (Å²) in [6.45, 7) is 1.90. The van der Waals surface area contributed by atoms with Crippen LogP contribution in [-0.4, -0.2) is 33.0 Å². The maximum Gasteiger partial charge on any atom is 0.222 e. The normalized spacial score (nSPS) is 11.9. The molecular weight excluding hydrogens is 330 g/mol. The van der Waals surface area contributed by atoms with E-state index in [0.717, 1.165) is 17.0 Å². The van der Waals surface area contributed by atoms with Crippen LogP contribution in [0.25, 0.3) is 5.65 Å². The molecule has 2 heterocycles. The number of pyridine rings is 1. The number of nitrogens with one attached hydrogen (secondary N) is 2. The highest BCUT2D eigenvalue weighted by Gasteiger charge is 2.16. The van der Waals surface area contributed by atoms with Crippen LogP contribution in [0.3, 0.4) is 0 Å². The van der Waals surface area contributed by atoms with Crippen LogP contribution in [0, 0.1) is 0 Å². The van der Waals surface area contributed by atoms with Crippen LogP contribution in [0.2, 0.25) is 0 Å². The highest BCUT2D eigenvalue weighted by molar-refractivity contribution is 5.79. The summed E-state index contributed by atoms with van der Waals surface area (Å²) in [4.78, 5) is 23.7. The Balaban J connectivity index is 1.56. The highest BCUT2D eigenvalue weighted by atomic mass is 16.2. The Morgan fingerprint density at radius 3 is 2.62 bits per heavy atom. The molecule has 2 aromatic heterocycles. The van der Waals surface area contributed by atoms with Crippen molar-refractivity contribution in [3.8, 4) is 0 Å². The van der Waals surface area contributed by atoms with E-state index in [0.29, 0.717) is 13.0 Å². The molecule has 1 aromatic carbocycles. The Morgan fingerprint density at radius 1 is 1.08 bits per heavy atom. The lowest BCUT2D eigenvalue weighted by molar-refractivity contribution is -0.122. The summed E-state index contributed by atoms with van der Waals surface area (Å²) < 4.78 is 1.90. The highest BCUT2D eigenvalue weighted by Crippen LogP contribution is 2.16. The first-order valence-electron chi connectivity index (χ1n) is 8.51. The Morgan fingerprint density at radius 2 is 1.85 bits per heavy atom. The molecule has 134 valence electrons. The fourth-order valence-corrected chi connectivity index (χ4v) is 2.82. The SMILES string of the molecule is CC(=O)NC(CC(=O)NCCc1nnc2ccccn12)c1ccccc1. The van der Waals surface area contributed by atoms with Gasteiger partial charge in [-0.1, -0.05) is 36.4 Å². The molecule has 2 N–H and O–H groups in total. The molecule has 3 rings (SSSR count). The summed E-state index contributed by atoms with van der Waals surface area (Å²) in [5.74, 6) is 0.505. The van der Waals surface area contributed by atoms with Crippen LogP contribution in [0.5, 0.6) is 0 Å². The van der Waals surface area contributed by atoms with Gasteiger partial charge in [-0.3, -0.25) is 14.0 Å². The molecule has 0 aliphatic heterocycles. The molecule has 1 unspecified atom stereocenters. The second-order valence-electron chi connectivity index (χ2n) is 6.01. The quantitative estimate of drug-likeness (QED) is 0.677. The van der Waals surface area contributed by atoms with E-state index in [1.54, 1.807) is 0 Å². The van der Waals surface area contributed by atoms with Gasteiger partial charge in [-0.2, -0.15) is 0 Å². The summed E-state index contributed by atoms with van der Waals surface area (Å²) in [5, 5.41) is 14.0. The largest absolute Gasteiger partial charge is 0.356 e. The Hall–Kier alpha value is -3.22. The van der Waals surface area contributed by atoms with Crippen molar-refractivity contribution in [2.45, 2.75) is 25.8 Å². The van der Waals surface area contributed by atoms with Crippen molar-refractivity contribution < 1.29 is 9.59 Å². The van der Waals surface area contributed by atoms with Gasteiger partial charge in [0.2, 0.25) is 11.8 Å². The fraction of sp³-hybridized carbons (Fsp3) is 0.263. The maximum atomic E-state index is 12.3. The molecule has 1 atom stereocenters. The molecule has 0 spiro atoms. The second kappa shape index (κ2) is 8.24. The van der Waals surface area contributed by atoms with Gasteiger partial charge in [0.1, 0.15) is 5.82 Å². The lowest BCUT2D eigenvalue weighted by atomic mass is 10.0. The molecule has 2 amide bonds. The summed E-state index contributed by atoms with van der Waals surface area (Å²) in [5.41, 5.74) is 1.69. The third-order valence-corrected chi connectivity index (χ3v) is 4.02. The summed E-state index contributed by atoms with van der Waals surface area (Å²) in [7, 11) is 0. The molecule has 0 fully saturated rings. The van der Waals surface area contributed by atoms with E-state index >= 15 is 0 Å². The minimum atomic E-state index is -0.345. The van der Waals surface area contributed by atoms with Crippen molar-refractivity contribution in [2.24, 2.45) is 0 Å². The molecule has 0 aliphatic rings. The summed E-state index contributed by atoms with van der Waals surface area (Å²) in [6, 6.07) is 14.8. The molecule has 0 saturated heterocycles. The van der Waals surface area contributed by atoms with Gasteiger partial charge < -0.3 is 10.6 Å². The van der Waals surface area contributed by atoms with Crippen LogP contribution >= 0.6 is 0 Å². The number of amides is 2. The van der Waals surface area contributed by atoms with E-state index in [2.05, 4.69) is 20.8 Å². The number of carbonyl (C=O) groups excluding carboxylic acids is 2. The molecule has 7 nitrogen and oxygen atoms in total. The summed E-state index contributed by atoms with van der Waals surface area (Å²) in [6.07, 6.45) is 2.66. The average Bonchev–Trinajstić information content (AvgIpc) is 3.05. The molecular formula is C19H21N5O2. The molecule has 26 heavy (non-hydrogen) atoms. The number of hydrogen-bond acceptors (Lipinski definition) is 4. The van der Waals surface area contributed by atoms with Crippen LogP contribution in [0.15, 0.2) is 54.7 Å². The van der Waals surface area contributed by atoms with Gasteiger partial charge in [-0.05, 0) is 17.7 Å². The fourth-order valence-electron chi connectivity index (χ4n) is 2.82. The van der Waals surface area contributed by atoms with E-state index in [4.69, 9.17) is 0 Å². The number of nitrogens with zero attached hydrogens (tertiary/aromatic N) is 3. The van der Waals surface area contributed by atoms with Crippen molar-refractivity contribution in [3.63, 3.8) is 0 Å². The minimum Gasteiger partial charge on any atom is -0.356 e. The van der Waals surface area contributed by atoms with Gasteiger partial charge >= 0.3 is 0 Å². The zero-order valence-corrected chi connectivity index (χ0v) is 14.6. The third kappa shape index (κ3) is 4.44. The Bertz CT molecular complexity index is 891. The van der Waals surface area contributed by atoms with Crippen LogP contribution in [-0.2, 0) is 16.0 Å². The second-order valence-corrected chi connectivity index (χ2v) is 6.01. The molecule has 0 radical (unpaired) electrons. The predicted molar refractivity (Wildman–Crippen MR) is 97.3 cm³/mol. The molecule has 0 saturated carbocycles. The smallest absolute Gasteiger partial charge is 0.222 e. The molecule has 0 aliphatic carbocycles. The molecule has 7 heteroatoms. The van der Waals surface area contributed by atoms with E-state index < -0.39 is 0 Å². The lowest BCUT2D eigenvalue weighted by Crippen LogP contribution is -2.33. The van der Waals surface area contributed by atoms with Crippen LogP contribution in [0.4, 0.5) is 0 Å². The average molecular weight is 351 g/mol. The van der Waals surface area contributed by atoms with Gasteiger partial charge in [0.15, 0.2) is 5.65 Å². The Kier molecular flexibility index (Phi) is 5.58. The van der Waals surface area contributed by atoms with Gasteiger partial charge in [0.25, 0.3) is 0 Å². The predicted octanol–water partition coefficient (Wildman–Crippen LogP) is 1.66. The zero-order valence-electron chi connectivity index (χ0n) is 14.6. The first kappa shape index (κ1) is 17.6.